The number of hydrogen-bond donors (Lipinski definition) is 1. The number of nitrogens with one attached hydrogen (secondary N) is 1. The molecule has 2 aliphatic heterocycles. The van der Waals surface area contributed by atoms with E-state index in [1.165, 1.54) is 18.4 Å². The Bertz CT molecular complexity index is 867. The maximum absolute atomic E-state index is 12.7. The van der Waals surface area contributed by atoms with Gasteiger partial charge in [-0.25, -0.2) is 9.78 Å². The lowest BCUT2D eigenvalue weighted by atomic mass is 10.1. The number of carbonyl (C=O) groups excluding carboxylic acids is 2. The highest BCUT2D eigenvalue weighted by atomic mass is 16.2. The van der Waals surface area contributed by atoms with Crippen molar-refractivity contribution in [3.8, 4) is 0 Å². The lowest BCUT2D eigenvalue weighted by Gasteiger charge is -2.34. The molecule has 2 aliphatic rings. The van der Waals surface area contributed by atoms with Crippen LogP contribution in [0.25, 0.3) is 0 Å². The maximum atomic E-state index is 12.7. The molecule has 3 amide bonds. The van der Waals surface area contributed by atoms with Crippen molar-refractivity contribution < 1.29 is 9.59 Å². The average Bonchev–Trinajstić information content (AvgIpc) is 3.34. The van der Waals surface area contributed by atoms with Crippen LogP contribution in [0.15, 0.2) is 42.6 Å². The Morgan fingerprint density at radius 2 is 1.57 bits per heavy atom. The van der Waals surface area contributed by atoms with E-state index < -0.39 is 0 Å². The zero-order valence-electron chi connectivity index (χ0n) is 17.5. The Hall–Kier alpha value is -3.09. The number of amides is 3. The molecule has 0 atom stereocenters. The molecule has 7 nitrogen and oxygen atoms in total. The van der Waals surface area contributed by atoms with Gasteiger partial charge in [-0.3, -0.25) is 4.79 Å². The highest BCUT2D eigenvalue weighted by Gasteiger charge is 2.25. The number of aryl methyl sites for hydroxylation is 1. The predicted octanol–water partition coefficient (Wildman–Crippen LogP) is 3.23. The summed E-state index contributed by atoms with van der Waals surface area (Å²) < 4.78 is 0. The molecule has 0 radical (unpaired) electrons. The summed E-state index contributed by atoms with van der Waals surface area (Å²) in [5.74, 6) is 0.990. The number of carbonyl (C=O) groups is 2. The molecule has 2 fully saturated rings. The Balaban J connectivity index is 1.28. The molecule has 0 unspecified atom stereocenters. The molecule has 7 heteroatoms. The van der Waals surface area contributed by atoms with Gasteiger partial charge in [-0.15, -0.1) is 0 Å². The SMILES string of the molecule is CCc1ccc(C(=O)N2CCN(C(=O)Nc3ccc(N4CCCC4)nc3)CC2)cc1. The molecule has 0 aliphatic carbocycles. The van der Waals surface area contributed by atoms with E-state index in [1.807, 2.05) is 41.3 Å². The first-order valence-electron chi connectivity index (χ1n) is 10.8. The van der Waals surface area contributed by atoms with Crippen molar-refractivity contribution in [2.45, 2.75) is 26.2 Å². The summed E-state index contributed by atoms with van der Waals surface area (Å²) in [6.45, 7) is 6.30. The third-order valence-electron chi connectivity index (χ3n) is 5.89. The van der Waals surface area contributed by atoms with Crippen molar-refractivity contribution in [2.75, 3.05) is 49.5 Å². The minimum atomic E-state index is -0.148. The Kier molecular flexibility index (Phi) is 6.16. The van der Waals surface area contributed by atoms with Gasteiger partial charge < -0.3 is 20.0 Å². The summed E-state index contributed by atoms with van der Waals surface area (Å²) in [4.78, 5) is 35.6. The molecule has 1 aromatic heterocycles. The van der Waals surface area contributed by atoms with Gasteiger partial charge in [0.2, 0.25) is 0 Å². The minimum Gasteiger partial charge on any atom is -0.357 e. The first kappa shape index (κ1) is 20.2. The third-order valence-corrected chi connectivity index (χ3v) is 5.89. The highest BCUT2D eigenvalue weighted by molar-refractivity contribution is 5.94. The fraction of sp³-hybridized carbons (Fsp3) is 0.435. The lowest BCUT2D eigenvalue weighted by molar-refractivity contribution is 0.0671. The molecule has 1 aromatic carbocycles. The van der Waals surface area contributed by atoms with E-state index in [4.69, 9.17) is 0 Å². The minimum absolute atomic E-state index is 0.0272. The molecule has 1 N–H and O–H groups in total. The largest absolute Gasteiger partial charge is 0.357 e. The van der Waals surface area contributed by atoms with E-state index in [1.54, 1.807) is 11.1 Å². The van der Waals surface area contributed by atoms with Crippen LogP contribution in [0.5, 0.6) is 0 Å². The van der Waals surface area contributed by atoms with Crippen LogP contribution in [0.1, 0.15) is 35.7 Å². The van der Waals surface area contributed by atoms with Crippen LogP contribution >= 0.6 is 0 Å². The van der Waals surface area contributed by atoms with E-state index in [9.17, 15) is 9.59 Å². The normalized spacial score (nSPS) is 16.6. The second-order valence-electron chi connectivity index (χ2n) is 7.86. The fourth-order valence-corrected chi connectivity index (χ4v) is 3.97. The van der Waals surface area contributed by atoms with Crippen LogP contribution < -0.4 is 10.2 Å². The number of aromatic nitrogens is 1. The van der Waals surface area contributed by atoms with Gasteiger partial charge in [0.25, 0.3) is 5.91 Å². The van der Waals surface area contributed by atoms with Gasteiger partial charge in [-0.2, -0.15) is 0 Å². The molecule has 0 bridgehead atoms. The van der Waals surface area contributed by atoms with Gasteiger partial charge in [-0.05, 0) is 49.1 Å². The number of hydrogen-bond acceptors (Lipinski definition) is 4. The number of urea groups is 1. The van der Waals surface area contributed by atoms with Crippen LogP contribution in [0.3, 0.4) is 0 Å². The maximum Gasteiger partial charge on any atom is 0.322 e. The van der Waals surface area contributed by atoms with Gasteiger partial charge in [-0.1, -0.05) is 19.1 Å². The summed E-state index contributed by atoms with van der Waals surface area (Å²) in [6, 6.07) is 11.5. The van der Waals surface area contributed by atoms with Crippen LogP contribution in [0.2, 0.25) is 0 Å². The van der Waals surface area contributed by atoms with E-state index in [0.29, 0.717) is 37.4 Å². The Morgan fingerprint density at radius 3 is 2.17 bits per heavy atom. The van der Waals surface area contributed by atoms with E-state index in [-0.39, 0.29) is 11.9 Å². The number of benzene rings is 1. The second-order valence-corrected chi connectivity index (χ2v) is 7.86. The standard InChI is InChI=1S/C23H29N5O2/c1-2-18-5-7-19(8-6-18)22(29)27-13-15-28(16-14-27)23(30)25-20-9-10-21(24-17-20)26-11-3-4-12-26/h5-10,17H,2-4,11-16H2,1H3,(H,25,30). The van der Waals surface area contributed by atoms with Gasteiger partial charge in [0.15, 0.2) is 0 Å². The predicted molar refractivity (Wildman–Crippen MR) is 118 cm³/mol. The van der Waals surface area contributed by atoms with E-state index >= 15 is 0 Å². The molecule has 2 aromatic rings. The first-order chi connectivity index (χ1) is 14.6. The molecule has 158 valence electrons. The number of nitrogens with zero attached hydrogens (tertiary/aromatic N) is 4. The van der Waals surface area contributed by atoms with Crippen LogP contribution in [-0.2, 0) is 6.42 Å². The number of anilines is 2. The summed E-state index contributed by atoms with van der Waals surface area (Å²) >= 11 is 0. The summed E-state index contributed by atoms with van der Waals surface area (Å²) in [7, 11) is 0. The smallest absolute Gasteiger partial charge is 0.322 e. The summed E-state index contributed by atoms with van der Waals surface area (Å²) in [6.07, 6.45) is 5.08. The zero-order valence-corrected chi connectivity index (χ0v) is 17.5. The van der Waals surface area contributed by atoms with Crippen molar-refractivity contribution in [3.05, 3.63) is 53.7 Å². The summed E-state index contributed by atoms with van der Waals surface area (Å²) in [5, 5.41) is 2.92. The Morgan fingerprint density at radius 1 is 0.900 bits per heavy atom. The van der Waals surface area contributed by atoms with Crippen LogP contribution in [0, 0.1) is 0 Å². The van der Waals surface area contributed by atoms with Gasteiger partial charge in [0.1, 0.15) is 5.82 Å². The van der Waals surface area contributed by atoms with Crippen molar-refractivity contribution in [1.82, 2.24) is 14.8 Å². The molecule has 30 heavy (non-hydrogen) atoms. The number of rotatable bonds is 4. The van der Waals surface area contributed by atoms with Crippen molar-refractivity contribution in [1.29, 1.82) is 0 Å². The zero-order chi connectivity index (χ0) is 20.9. The third kappa shape index (κ3) is 4.56. The molecule has 0 spiro atoms. The lowest BCUT2D eigenvalue weighted by Crippen LogP contribution is -2.51. The van der Waals surface area contributed by atoms with E-state index in [0.717, 1.165) is 25.3 Å². The molecule has 3 heterocycles. The monoisotopic (exact) mass is 407 g/mol. The molecular weight excluding hydrogens is 378 g/mol. The van der Waals surface area contributed by atoms with Crippen molar-refractivity contribution in [2.24, 2.45) is 0 Å². The molecule has 4 rings (SSSR count). The highest BCUT2D eigenvalue weighted by Crippen LogP contribution is 2.19. The average molecular weight is 408 g/mol. The number of piperazine rings is 1. The quantitative estimate of drug-likeness (QED) is 0.845. The van der Waals surface area contributed by atoms with Crippen molar-refractivity contribution in [3.63, 3.8) is 0 Å². The van der Waals surface area contributed by atoms with Gasteiger partial charge >= 0.3 is 6.03 Å². The topological polar surface area (TPSA) is 68.8 Å². The van der Waals surface area contributed by atoms with Gasteiger partial charge in [0, 0.05) is 44.8 Å². The van der Waals surface area contributed by atoms with Gasteiger partial charge in [0.05, 0.1) is 11.9 Å². The summed E-state index contributed by atoms with van der Waals surface area (Å²) in [5.41, 5.74) is 2.61. The molecule has 0 saturated carbocycles. The number of pyridine rings is 1. The van der Waals surface area contributed by atoms with Crippen LogP contribution in [-0.4, -0.2) is 66.0 Å². The Labute approximate surface area is 177 Å². The fourth-order valence-electron chi connectivity index (χ4n) is 3.97. The molecular formula is C23H29N5O2. The molecule has 2 saturated heterocycles. The first-order valence-corrected chi connectivity index (χ1v) is 10.8. The van der Waals surface area contributed by atoms with Crippen LogP contribution in [0.4, 0.5) is 16.3 Å². The van der Waals surface area contributed by atoms with E-state index in [2.05, 4.69) is 22.1 Å². The van der Waals surface area contributed by atoms with Crippen molar-refractivity contribution >= 4 is 23.4 Å². The second kappa shape index (κ2) is 9.15.